The van der Waals surface area contributed by atoms with Crippen LogP contribution < -0.4 is 10.1 Å². The molecule has 0 aliphatic carbocycles. The fraction of sp³-hybridized carbons (Fsp3) is 0.333. The molecule has 1 heterocycles. The summed E-state index contributed by atoms with van der Waals surface area (Å²) < 4.78 is 18.3. The van der Waals surface area contributed by atoms with Gasteiger partial charge < -0.3 is 4.74 Å². The molecule has 0 aromatic heterocycles. The third kappa shape index (κ3) is 2.27. The Kier molecular flexibility index (Phi) is 3.08. The highest BCUT2D eigenvalue weighted by atomic mass is 19.1. The van der Waals surface area contributed by atoms with E-state index in [9.17, 15) is 14.0 Å². The van der Waals surface area contributed by atoms with Crippen LogP contribution in [0.15, 0.2) is 18.2 Å². The number of methoxy groups -OCH3 is 1. The van der Waals surface area contributed by atoms with Crippen molar-refractivity contribution in [1.82, 2.24) is 5.32 Å². The number of amides is 2. The zero-order chi connectivity index (χ0) is 12.4. The van der Waals surface area contributed by atoms with Crippen molar-refractivity contribution in [2.75, 3.05) is 7.11 Å². The number of halogens is 1. The average molecular weight is 237 g/mol. The molecule has 1 saturated heterocycles. The topological polar surface area (TPSA) is 55.4 Å². The molecule has 0 saturated carbocycles. The largest absolute Gasteiger partial charge is 0.496 e. The molecule has 1 unspecified atom stereocenters. The second-order valence-corrected chi connectivity index (χ2v) is 3.89. The number of hydrogen-bond donors (Lipinski definition) is 1. The summed E-state index contributed by atoms with van der Waals surface area (Å²) in [6.45, 7) is 0. The molecule has 0 bridgehead atoms. The lowest BCUT2D eigenvalue weighted by Gasteiger charge is -2.22. The summed E-state index contributed by atoms with van der Waals surface area (Å²) in [4.78, 5) is 22.7. The first-order chi connectivity index (χ1) is 8.11. The standard InChI is InChI=1S/C12H12FNO3/c1-17-10-4-2-7(13)6-9(10)8-3-5-11(15)14-12(8)16/h2,4,6,8H,3,5H2,1H3,(H,14,15,16). The maximum atomic E-state index is 13.2. The van der Waals surface area contributed by atoms with Crippen LogP contribution in [-0.4, -0.2) is 18.9 Å². The number of hydrogen-bond acceptors (Lipinski definition) is 3. The van der Waals surface area contributed by atoms with Gasteiger partial charge in [0.15, 0.2) is 0 Å². The number of benzene rings is 1. The summed E-state index contributed by atoms with van der Waals surface area (Å²) in [5.74, 6) is -1.18. The van der Waals surface area contributed by atoms with Gasteiger partial charge in [0, 0.05) is 12.0 Å². The van der Waals surface area contributed by atoms with Gasteiger partial charge in [0.1, 0.15) is 11.6 Å². The average Bonchev–Trinajstić information content (AvgIpc) is 2.29. The summed E-state index contributed by atoms with van der Waals surface area (Å²) in [7, 11) is 1.46. The lowest BCUT2D eigenvalue weighted by Crippen LogP contribution is -2.39. The molecule has 1 aromatic rings. The van der Waals surface area contributed by atoms with Crippen LogP contribution in [0.25, 0.3) is 0 Å². The molecule has 90 valence electrons. The van der Waals surface area contributed by atoms with E-state index < -0.39 is 17.6 Å². The second kappa shape index (κ2) is 4.53. The van der Waals surface area contributed by atoms with Crippen LogP contribution in [0.3, 0.4) is 0 Å². The first kappa shape index (κ1) is 11.6. The summed E-state index contributed by atoms with van der Waals surface area (Å²) in [6.07, 6.45) is 0.639. The minimum atomic E-state index is -0.529. The van der Waals surface area contributed by atoms with Gasteiger partial charge in [-0.1, -0.05) is 0 Å². The number of ether oxygens (including phenoxy) is 1. The Hall–Kier alpha value is -1.91. The van der Waals surface area contributed by atoms with Gasteiger partial charge in [-0.15, -0.1) is 0 Å². The van der Waals surface area contributed by atoms with Crippen LogP contribution in [0.4, 0.5) is 4.39 Å². The number of carbonyl (C=O) groups is 2. The SMILES string of the molecule is COc1ccc(F)cc1C1CCC(=O)NC1=O. The minimum absolute atomic E-state index is 0.260. The molecule has 1 aliphatic heterocycles. The van der Waals surface area contributed by atoms with Crippen molar-refractivity contribution in [2.45, 2.75) is 18.8 Å². The predicted molar refractivity (Wildman–Crippen MR) is 58.1 cm³/mol. The normalized spacial score (nSPS) is 20.0. The van der Waals surface area contributed by atoms with Gasteiger partial charge in [0.25, 0.3) is 0 Å². The van der Waals surface area contributed by atoms with E-state index in [0.29, 0.717) is 17.7 Å². The van der Waals surface area contributed by atoms with E-state index >= 15 is 0 Å². The number of carbonyl (C=O) groups excluding carboxylic acids is 2. The molecule has 0 radical (unpaired) electrons. The molecule has 0 spiro atoms. The van der Waals surface area contributed by atoms with E-state index in [2.05, 4.69) is 5.32 Å². The van der Waals surface area contributed by atoms with Crippen molar-refractivity contribution in [3.05, 3.63) is 29.6 Å². The van der Waals surface area contributed by atoms with Gasteiger partial charge >= 0.3 is 0 Å². The summed E-state index contributed by atoms with van der Waals surface area (Å²) in [6, 6.07) is 4.03. The highest BCUT2D eigenvalue weighted by Crippen LogP contribution is 2.32. The van der Waals surface area contributed by atoms with Crippen molar-refractivity contribution in [1.29, 1.82) is 0 Å². The van der Waals surface area contributed by atoms with E-state index in [1.165, 1.54) is 25.3 Å². The van der Waals surface area contributed by atoms with Crippen LogP contribution in [-0.2, 0) is 9.59 Å². The molecule has 1 aliphatic rings. The lowest BCUT2D eigenvalue weighted by molar-refractivity contribution is -0.134. The van der Waals surface area contributed by atoms with Gasteiger partial charge in [-0.05, 0) is 24.6 Å². The van der Waals surface area contributed by atoms with E-state index in [4.69, 9.17) is 4.74 Å². The summed E-state index contributed by atoms with van der Waals surface area (Å²) in [5, 5.41) is 2.24. The van der Waals surface area contributed by atoms with E-state index in [0.717, 1.165) is 0 Å². The van der Waals surface area contributed by atoms with Crippen LogP contribution in [0.2, 0.25) is 0 Å². The highest BCUT2D eigenvalue weighted by molar-refractivity contribution is 6.01. The molecule has 1 atom stereocenters. The Labute approximate surface area is 97.8 Å². The van der Waals surface area contributed by atoms with Crippen molar-refractivity contribution >= 4 is 11.8 Å². The number of nitrogens with one attached hydrogen (secondary N) is 1. The Morgan fingerprint density at radius 2 is 2.18 bits per heavy atom. The predicted octanol–water partition coefficient (Wildman–Crippen LogP) is 1.35. The highest BCUT2D eigenvalue weighted by Gasteiger charge is 2.30. The number of imide groups is 1. The first-order valence-corrected chi connectivity index (χ1v) is 5.29. The maximum Gasteiger partial charge on any atom is 0.234 e. The molecular formula is C12H12FNO3. The van der Waals surface area contributed by atoms with E-state index in [1.54, 1.807) is 0 Å². The van der Waals surface area contributed by atoms with Crippen molar-refractivity contribution in [2.24, 2.45) is 0 Å². The minimum Gasteiger partial charge on any atom is -0.496 e. The molecule has 1 N–H and O–H groups in total. The summed E-state index contributed by atoms with van der Waals surface area (Å²) in [5.41, 5.74) is 0.484. The van der Waals surface area contributed by atoms with E-state index in [-0.39, 0.29) is 12.3 Å². The Bertz CT molecular complexity index is 473. The lowest BCUT2D eigenvalue weighted by atomic mass is 9.90. The van der Waals surface area contributed by atoms with Crippen LogP contribution >= 0.6 is 0 Å². The smallest absolute Gasteiger partial charge is 0.234 e. The molecule has 1 fully saturated rings. The molecule has 2 amide bonds. The fourth-order valence-corrected chi connectivity index (χ4v) is 1.97. The number of piperidine rings is 1. The first-order valence-electron chi connectivity index (χ1n) is 5.29. The molecule has 1 aromatic carbocycles. The van der Waals surface area contributed by atoms with Crippen molar-refractivity contribution in [3.63, 3.8) is 0 Å². The van der Waals surface area contributed by atoms with Gasteiger partial charge in [0.05, 0.1) is 13.0 Å². The molecule has 4 nitrogen and oxygen atoms in total. The van der Waals surface area contributed by atoms with Gasteiger partial charge in [0.2, 0.25) is 11.8 Å². The monoisotopic (exact) mass is 237 g/mol. The van der Waals surface area contributed by atoms with Gasteiger partial charge in [-0.2, -0.15) is 0 Å². The molecule has 2 rings (SSSR count). The van der Waals surface area contributed by atoms with Crippen molar-refractivity contribution < 1.29 is 18.7 Å². The van der Waals surface area contributed by atoms with E-state index in [1.807, 2.05) is 0 Å². The maximum absolute atomic E-state index is 13.2. The van der Waals surface area contributed by atoms with Crippen LogP contribution in [0, 0.1) is 5.82 Å². The zero-order valence-corrected chi connectivity index (χ0v) is 9.33. The molecule has 5 heteroatoms. The fourth-order valence-electron chi connectivity index (χ4n) is 1.97. The number of rotatable bonds is 2. The summed E-state index contributed by atoms with van der Waals surface area (Å²) >= 11 is 0. The second-order valence-electron chi connectivity index (χ2n) is 3.89. The van der Waals surface area contributed by atoms with Gasteiger partial charge in [-0.3, -0.25) is 14.9 Å². The molecule has 17 heavy (non-hydrogen) atoms. The third-order valence-electron chi connectivity index (χ3n) is 2.81. The third-order valence-corrected chi connectivity index (χ3v) is 2.81. The Balaban J connectivity index is 2.35. The zero-order valence-electron chi connectivity index (χ0n) is 9.33. The Morgan fingerprint density at radius 3 is 2.82 bits per heavy atom. The van der Waals surface area contributed by atoms with Crippen LogP contribution in [0.5, 0.6) is 5.75 Å². The van der Waals surface area contributed by atoms with Gasteiger partial charge in [-0.25, -0.2) is 4.39 Å². The Morgan fingerprint density at radius 1 is 1.41 bits per heavy atom. The van der Waals surface area contributed by atoms with Crippen molar-refractivity contribution in [3.8, 4) is 5.75 Å². The molecular weight excluding hydrogens is 225 g/mol. The quantitative estimate of drug-likeness (QED) is 0.790. The van der Waals surface area contributed by atoms with Crippen LogP contribution in [0.1, 0.15) is 24.3 Å².